The van der Waals surface area contributed by atoms with E-state index in [9.17, 15) is 0 Å². The molecule has 0 aromatic carbocycles. The lowest BCUT2D eigenvalue weighted by atomic mass is 10.1. The topological polar surface area (TPSA) is 70.4 Å². The predicted molar refractivity (Wildman–Crippen MR) is 196 cm³/mol. The Bertz CT molecular complexity index is 426. The molecule has 0 radical (unpaired) electrons. The van der Waals surface area contributed by atoms with Crippen LogP contribution in [0.3, 0.4) is 0 Å². The van der Waals surface area contributed by atoms with Gasteiger partial charge in [-0.2, -0.15) is 0 Å². The van der Waals surface area contributed by atoms with E-state index in [1.54, 1.807) is 0 Å². The molecule has 7 heteroatoms. The minimum atomic E-state index is -2.17. The highest BCUT2D eigenvalue weighted by Crippen LogP contribution is 2.19. The van der Waals surface area contributed by atoms with Crippen molar-refractivity contribution in [2.75, 3.05) is 0 Å². The molecule has 9 atom stereocenters. The lowest BCUT2D eigenvalue weighted by Crippen LogP contribution is -2.45. The van der Waals surface area contributed by atoms with Crippen LogP contribution in [-0.4, -0.2) is 91.5 Å². The van der Waals surface area contributed by atoms with Crippen LogP contribution in [0.15, 0.2) is 0 Å². The van der Waals surface area contributed by atoms with Gasteiger partial charge in [0.05, 0.1) is 0 Å². The first-order valence-corrected chi connectivity index (χ1v) is 18.3. The second-order valence-electron chi connectivity index (χ2n) is 13.0. The van der Waals surface area contributed by atoms with Crippen molar-refractivity contribution >= 4 is 7.32 Å². The van der Waals surface area contributed by atoms with Crippen LogP contribution >= 0.6 is 0 Å². The Hall–Kier alpha value is -0.175. The maximum atomic E-state index is 7.17. The summed E-state index contributed by atoms with van der Waals surface area (Å²) in [6.07, 6.45) is 11.3. The van der Waals surface area contributed by atoms with Crippen molar-refractivity contribution in [2.45, 2.75) is 237 Å². The molecule has 3 N–H and O–H groups in total. The van der Waals surface area contributed by atoms with Crippen molar-refractivity contribution < 1.29 is 15.1 Å². The third-order valence-electron chi connectivity index (χ3n) is 9.90. The molecule has 0 saturated heterocycles. The molecule has 264 valence electrons. The van der Waals surface area contributed by atoms with Crippen LogP contribution in [0.2, 0.25) is 0 Å². The highest BCUT2D eigenvalue weighted by molar-refractivity contribution is 6.30. The van der Waals surface area contributed by atoms with Gasteiger partial charge in [-0.05, 0) is 120 Å². The van der Waals surface area contributed by atoms with E-state index in [0.717, 1.165) is 54.4 Å². The molecule has 0 saturated carbocycles. The standard InChI is InChI=1S/3C12H27N.BH3O3/c3*1-7-10(4)13(11(5)8-2)12(6)9-3;2-1(3)4/h3*10-12H,7-9H2,1-6H3;2-4H. The first-order chi connectivity index (χ1) is 20.0. The molecular formula is C36H84BN3O3. The Morgan fingerprint density at radius 2 is 0.372 bits per heavy atom. The molecule has 6 nitrogen and oxygen atoms in total. The van der Waals surface area contributed by atoms with E-state index in [4.69, 9.17) is 15.1 Å². The molecule has 0 aliphatic carbocycles. The molecule has 0 aromatic rings. The molecule has 0 fully saturated rings. The van der Waals surface area contributed by atoms with Crippen LogP contribution in [0.1, 0.15) is 182 Å². The van der Waals surface area contributed by atoms with E-state index in [0.29, 0.717) is 0 Å². The van der Waals surface area contributed by atoms with E-state index in [-0.39, 0.29) is 0 Å². The molecule has 0 spiro atoms. The summed E-state index contributed by atoms with van der Waals surface area (Å²) in [4.78, 5) is 8.00. The summed E-state index contributed by atoms with van der Waals surface area (Å²) in [5, 5.41) is 21.5. The lowest BCUT2D eigenvalue weighted by molar-refractivity contribution is 0.0957. The van der Waals surface area contributed by atoms with Gasteiger partial charge in [0.1, 0.15) is 0 Å². The summed E-state index contributed by atoms with van der Waals surface area (Å²) in [6, 6.07) is 6.54. The van der Waals surface area contributed by atoms with E-state index in [1.807, 2.05) is 0 Å². The van der Waals surface area contributed by atoms with Crippen molar-refractivity contribution in [3.05, 3.63) is 0 Å². The van der Waals surface area contributed by atoms with Gasteiger partial charge < -0.3 is 15.1 Å². The van der Waals surface area contributed by atoms with E-state index in [2.05, 4.69) is 139 Å². The van der Waals surface area contributed by atoms with Crippen molar-refractivity contribution in [1.29, 1.82) is 0 Å². The zero-order chi connectivity index (χ0) is 34.9. The van der Waals surface area contributed by atoms with Gasteiger partial charge in [-0.3, -0.25) is 14.7 Å². The molecule has 0 aromatic heterocycles. The third-order valence-corrected chi connectivity index (χ3v) is 9.90. The Labute approximate surface area is 273 Å². The van der Waals surface area contributed by atoms with Gasteiger partial charge in [0.2, 0.25) is 0 Å². The first kappa shape index (κ1) is 49.7. The molecule has 0 bridgehead atoms. The second-order valence-corrected chi connectivity index (χ2v) is 13.0. The highest BCUT2D eigenvalue weighted by atomic mass is 16.5. The molecular weight excluding hydrogens is 533 g/mol. The Morgan fingerprint density at radius 1 is 0.302 bits per heavy atom. The van der Waals surface area contributed by atoms with Gasteiger partial charge in [0.15, 0.2) is 0 Å². The van der Waals surface area contributed by atoms with Crippen LogP contribution in [0.25, 0.3) is 0 Å². The van der Waals surface area contributed by atoms with Crippen molar-refractivity contribution in [2.24, 2.45) is 0 Å². The molecule has 43 heavy (non-hydrogen) atoms. The third kappa shape index (κ3) is 22.9. The van der Waals surface area contributed by atoms with Crippen LogP contribution in [-0.2, 0) is 0 Å². The van der Waals surface area contributed by atoms with Gasteiger partial charge in [-0.1, -0.05) is 62.3 Å². The van der Waals surface area contributed by atoms with Crippen molar-refractivity contribution in [3.63, 3.8) is 0 Å². The van der Waals surface area contributed by atoms with Crippen LogP contribution in [0.4, 0.5) is 0 Å². The van der Waals surface area contributed by atoms with Gasteiger partial charge in [-0.15, -0.1) is 0 Å². The second kappa shape index (κ2) is 30.5. The molecule has 0 rings (SSSR count). The fraction of sp³-hybridized carbons (Fsp3) is 1.00. The normalized spacial score (nSPS) is 17.6. The summed E-state index contributed by atoms with van der Waals surface area (Å²) in [5.74, 6) is 0. The average molecular weight is 618 g/mol. The Balaban J connectivity index is -0.000000249. The van der Waals surface area contributed by atoms with Crippen LogP contribution in [0.5, 0.6) is 0 Å². The van der Waals surface area contributed by atoms with Crippen LogP contribution in [0, 0.1) is 0 Å². The van der Waals surface area contributed by atoms with E-state index >= 15 is 0 Å². The summed E-state index contributed by atoms with van der Waals surface area (Å²) in [7, 11) is -2.17. The average Bonchev–Trinajstić information content (AvgIpc) is 3.00. The largest absolute Gasteiger partial charge is 0.631 e. The number of hydrogen-bond acceptors (Lipinski definition) is 6. The molecule has 0 aliphatic rings. The molecule has 9 unspecified atom stereocenters. The van der Waals surface area contributed by atoms with Gasteiger partial charge in [0, 0.05) is 54.4 Å². The Morgan fingerprint density at radius 3 is 0.419 bits per heavy atom. The lowest BCUT2D eigenvalue weighted by Gasteiger charge is -2.38. The summed E-state index contributed by atoms with van der Waals surface area (Å²) >= 11 is 0. The number of rotatable bonds is 18. The fourth-order valence-electron chi connectivity index (χ4n) is 5.81. The number of hydrogen-bond donors (Lipinski definition) is 3. The zero-order valence-electron chi connectivity index (χ0n) is 32.8. The quantitative estimate of drug-likeness (QED) is 0.133. The summed E-state index contributed by atoms with van der Waals surface area (Å²) in [5.41, 5.74) is 0. The summed E-state index contributed by atoms with van der Waals surface area (Å²) in [6.45, 7) is 41.6. The van der Waals surface area contributed by atoms with Gasteiger partial charge in [-0.25, -0.2) is 0 Å². The first-order valence-electron chi connectivity index (χ1n) is 18.3. The van der Waals surface area contributed by atoms with E-state index in [1.165, 1.54) is 57.8 Å². The number of nitrogens with zero attached hydrogens (tertiary/aromatic N) is 3. The monoisotopic (exact) mass is 618 g/mol. The Kier molecular flexibility index (Phi) is 35.2. The van der Waals surface area contributed by atoms with E-state index < -0.39 is 7.32 Å². The minimum Gasteiger partial charge on any atom is -0.402 e. The molecule has 0 aliphatic heterocycles. The zero-order valence-corrected chi connectivity index (χ0v) is 32.8. The molecule has 0 amide bonds. The van der Waals surface area contributed by atoms with Crippen LogP contribution < -0.4 is 0 Å². The maximum absolute atomic E-state index is 7.17. The van der Waals surface area contributed by atoms with Crippen molar-refractivity contribution in [1.82, 2.24) is 14.7 Å². The van der Waals surface area contributed by atoms with Gasteiger partial charge >= 0.3 is 7.32 Å². The van der Waals surface area contributed by atoms with Crippen molar-refractivity contribution in [3.8, 4) is 0 Å². The molecule has 0 heterocycles. The highest BCUT2D eigenvalue weighted by Gasteiger charge is 2.23. The maximum Gasteiger partial charge on any atom is 0.631 e. The SMILES string of the molecule is CCC(C)N(C(C)CC)C(C)CC.CCC(C)N(C(C)CC)C(C)CC.CCC(C)N(C(C)CC)C(C)CC.OB(O)O. The minimum absolute atomic E-state index is 0.727. The predicted octanol–water partition coefficient (Wildman–Crippen LogP) is 9.00. The fourth-order valence-corrected chi connectivity index (χ4v) is 5.81. The smallest absolute Gasteiger partial charge is 0.402 e. The van der Waals surface area contributed by atoms with Gasteiger partial charge in [0.25, 0.3) is 0 Å². The summed E-state index contributed by atoms with van der Waals surface area (Å²) < 4.78 is 0.